The molecule has 0 spiro atoms. The summed E-state index contributed by atoms with van der Waals surface area (Å²) >= 11 is 0. The van der Waals surface area contributed by atoms with E-state index >= 15 is 0 Å². The number of amides is 1. The summed E-state index contributed by atoms with van der Waals surface area (Å²) in [6, 6.07) is 5.17. The van der Waals surface area contributed by atoms with Gasteiger partial charge in [0.2, 0.25) is 11.7 Å². The van der Waals surface area contributed by atoms with E-state index in [1.807, 2.05) is 0 Å². The van der Waals surface area contributed by atoms with Gasteiger partial charge in [0.25, 0.3) is 0 Å². The van der Waals surface area contributed by atoms with Gasteiger partial charge in [-0.15, -0.1) is 0 Å². The average molecular weight is 263 g/mol. The largest absolute Gasteiger partial charge is 0.457 e. The van der Waals surface area contributed by atoms with E-state index < -0.39 is 5.97 Å². The summed E-state index contributed by atoms with van der Waals surface area (Å²) in [7, 11) is 0. The molecule has 0 bridgehead atoms. The molecule has 0 fully saturated rings. The van der Waals surface area contributed by atoms with E-state index in [9.17, 15) is 9.59 Å². The number of anilines is 1. The van der Waals surface area contributed by atoms with Crippen LogP contribution < -0.4 is 5.32 Å². The monoisotopic (exact) mass is 263 g/mol. The number of ether oxygens (including phenoxy) is 1. The van der Waals surface area contributed by atoms with Crippen molar-refractivity contribution in [3.8, 4) is 0 Å². The highest BCUT2D eigenvalue weighted by Crippen LogP contribution is 2.17. The zero-order valence-electron chi connectivity index (χ0n) is 11.0. The number of aromatic amines is 1. The number of nitrogens with one attached hydrogen (secondary N) is 2. The number of rotatable bonds is 3. The number of fused-ring (bicyclic) bond motifs is 1. The molecule has 102 valence electrons. The van der Waals surface area contributed by atoms with Crippen molar-refractivity contribution in [1.29, 1.82) is 0 Å². The third kappa shape index (κ3) is 3.09. The third-order valence-electron chi connectivity index (χ3n) is 2.34. The Morgan fingerprint density at radius 3 is 2.79 bits per heavy atom. The van der Waals surface area contributed by atoms with E-state index in [1.54, 1.807) is 32.0 Å². The summed E-state index contributed by atoms with van der Waals surface area (Å²) < 4.78 is 5.06. The van der Waals surface area contributed by atoms with Gasteiger partial charge >= 0.3 is 5.97 Å². The number of esters is 1. The van der Waals surface area contributed by atoms with Crippen molar-refractivity contribution in [2.24, 2.45) is 0 Å². The van der Waals surface area contributed by atoms with Crippen molar-refractivity contribution >= 4 is 28.6 Å². The van der Waals surface area contributed by atoms with Crippen LogP contribution in [-0.4, -0.2) is 27.9 Å². The average Bonchev–Trinajstić information content (AvgIpc) is 2.70. The van der Waals surface area contributed by atoms with Crippen molar-refractivity contribution < 1.29 is 15.8 Å². The molecule has 1 heterocycles. The molecule has 1 aromatic heterocycles. The van der Waals surface area contributed by atoms with Crippen LogP contribution in [0.3, 0.4) is 0 Å². The lowest BCUT2D eigenvalue weighted by Crippen LogP contribution is -2.12. The SMILES string of the molecule is CC(=O)Nc1ccc2nc(C(=O)OC(C)C)[nH]c2c1.[HH]. The molecule has 6 heteroatoms. The van der Waals surface area contributed by atoms with Gasteiger partial charge in [-0.25, -0.2) is 9.78 Å². The lowest BCUT2D eigenvalue weighted by Gasteiger charge is -2.04. The molecule has 0 saturated carbocycles. The van der Waals surface area contributed by atoms with Crippen molar-refractivity contribution in [3.05, 3.63) is 24.0 Å². The fourth-order valence-corrected chi connectivity index (χ4v) is 1.66. The van der Waals surface area contributed by atoms with Gasteiger partial charge in [-0.05, 0) is 32.0 Å². The minimum absolute atomic E-state index is 0. The molecule has 1 amide bonds. The van der Waals surface area contributed by atoms with E-state index in [1.165, 1.54) is 6.92 Å². The highest BCUT2D eigenvalue weighted by Gasteiger charge is 2.14. The van der Waals surface area contributed by atoms with Gasteiger partial charge in [0.15, 0.2) is 0 Å². The number of carbonyl (C=O) groups is 2. The van der Waals surface area contributed by atoms with Gasteiger partial charge in [0.05, 0.1) is 17.1 Å². The Kier molecular flexibility index (Phi) is 3.50. The summed E-state index contributed by atoms with van der Waals surface area (Å²) in [5.74, 6) is -0.491. The van der Waals surface area contributed by atoms with Gasteiger partial charge in [0, 0.05) is 14.0 Å². The zero-order chi connectivity index (χ0) is 14.0. The topological polar surface area (TPSA) is 84.1 Å². The van der Waals surface area contributed by atoms with Gasteiger partial charge < -0.3 is 15.0 Å². The van der Waals surface area contributed by atoms with Gasteiger partial charge in [-0.1, -0.05) is 0 Å². The Hall–Kier alpha value is -2.37. The summed E-state index contributed by atoms with van der Waals surface area (Å²) in [5.41, 5.74) is 1.96. The van der Waals surface area contributed by atoms with Crippen LogP contribution >= 0.6 is 0 Å². The second kappa shape index (κ2) is 5.09. The summed E-state index contributed by atoms with van der Waals surface area (Å²) in [6.07, 6.45) is -0.198. The number of benzene rings is 1. The van der Waals surface area contributed by atoms with Crippen LogP contribution in [0.5, 0.6) is 0 Å². The molecular weight excluding hydrogens is 246 g/mol. The molecule has 2 aromatic rings. The fourth-order valence-electron chi connectivity index (χ4n) is 1.66. The normalized spacial score (nSPS) is 10.7. The van der Waals surface area contributed by atoms with E-state index in [0.717, 1.165) is 0 Å². The molecule has 0 aliphatic carbocycles. The Labute approximate surface area is 111 Å². The van der Waals surface area contributed by atoms with Gasteiger partial charge in [-0.3, -0.25) is 4.79 Å². The third-order valence-corrected chi connectivity index (χ3v) is 2.34. The minimum Gasteiger partial charge on any atom is -0.457 e. The second-order valence-corrected chi connectivity index (χ2v) is 4.45. The molecule has 0 atom stereocenters. The highest BCUT2D eigenvalue weighted by molar-refractivity contribution is 5.94. The number of nitrogens with zero attached hydrogens (tertiary/aromatic N) is 1. The van der Waals surface area contributed by atoms with E-state index in [0.29, 0.717) is 16.7 Å². The minimum atomic E-state index is -0.493. The molecule has 6 nitrogen and oxygen atoms in total. The predicted octanol–water partition coefficient (Wildman–Crippen LogP) is 2.33. The maximum atomic E-state index is 11.7. The first kappa shape index (κ1) is 13.1. The van der Waals surface area contributed by atoms with Crippen LogP contribution in [-0.2, 0) is 9.53 Å². The number of hydrogen-bond donors (Lipinski definition) is 2. The van der Waals surface area contributed by atoms with Gasteiger partial charge in [-0.2, -0.15) is 0 Å². The number of hydrogen-bond acceptors (Lipinski definition) is 4. The van der Waals surface area contributed by atoms with E-state index in [2.05, 4.69) is 15.3 Å². The number of imidazole rings is 1. The highest BCUT2D eigenvalue weighted by atomic mass is 16.5. The molecule has 2 N–H and O–H groups in total. The number of H-pyrrole nitrogens is 1. The maximum Gasteiger partial charge on any atom is 0.374 e. The van der Waals surface area contributed by atoms with Crippen LogP contribution in [0.25, 0.3) is 11.0 Å². The van der Waals surface area contributed by atoms with Gasteiger partial charge in [0.1, 0.15) is 0 Å². The Bertz CT molecular complexity index is 637. The molecule has 0 aliphatic rings. The second-order valence-electron chi connectivity index (χ2n) is 4.45. The van der Waals surface area contributed by atoms with Crippen LogP contribution in [0, 0.1) is 0 Å². The molecule has 0 radical (unpaired) electrons. The Balaban J connectivity index is 0.00000200. The van der Waals surface area contributed by atoms with Crippen molar-refractivity contribution in [3.63, 3.8) is 0 Å². The quantitative estimate of drug-likeness (QED) is 0.832. The molecule has 0 aliphatic heterocycles. The first-order valence-corrected chi connectivity index (χ1v) is 5.94. The Morgan fingerprint density at radius 2 is 2.16 bits per heavy atom. The fraction of sp³-hybridized carbons (Fsp3) is 0.308. The number of aromatic nitrogens is 2. The zero-order valence-corrected chi connectivity index (χ0v) is 11.0. The lowest BCUT2D eigenvalue weighted by molar-refractivity contribution is -0.114. The first-order valence-electron chi connectivity index (χ1n) is 5.94. The van der Waals surface area contributed by atoms with Crippen molar-refractivity contribution in [2.45, 2.75) is 26.9 Å². The first-order chi connectivity index (χ1) is 8.95. The smallest absolute Gasteiger partial charge is 0.374 e. The molecule has 19 heavy (non-hydrogen) atoms. The van der Waals surface area contributed by atoms with E-state index in [4.69, 9.17) is 4.74 Å². The molecule has 0 saturated heterocycles. The summed E-state index contributed by atoms with van der Waals surface area (Å²) in [5, 5.41) is 2.66. The Morgan fingerprint density at radius 1 is 1.42 bits per heavy atom. The molecule has 0 unspecified atom stereocenters. The van der Waals surface area contributed by atoms with Crippen LogP contribution in [0.15, 0.2) is 18.2 Å². The maximum absolute atomic E-state index is 11.7. The molecule has 1 aromatic carbocycles. The van der Waals surface area contributed by atoms with Crippen molar-refractivity contribution in [2.75, 3.05) is 5.32 Å². The van der Waals surface area contributed by atoms with Crippen molar-refractivity contribution in [1.82, 2.24) is 9.97 Å². The van der Waals surface area contributed by atoms with Crippen LogP contribution in [0.2, 0.25) is 0 Å². The van der Waals surface area contributed by atoms with E-state index in [-0.39, 0.29) is 19.3 Å². The lowest BCUT2D eigenvalue weighted by atomic mass is 10.3. The predicted molar refractivity (Wildman–Crippen MR) is 73.1 cm³/mol. The van der Waals surface area contributed by atoms with Crippen LogP contribution in [0.4, 0.5) is 5.69 Å². The molecular formula is C13H17N3O3. The molecule has 2 rings (SSSR count). The summed E-state index contributed by atoms with van der Waals surface area (Å²) in [4.78, 5) is 29.7. The number of carbonyl (C=O) groups excluding carboxylic acids is 2. The van der Waals surface area contributed by atoms with Crippen LogP contribution in [0.1, 0.15) is 32.8 Å². The summed E-state index contributed by atoms with van der Waals surface area (Å²) in [6.45, 7) is 4.98. The standard InChI is InChI=1S/C13H15N3O3.H2/c1-7(2)19-13(18)12-15-10-5-4-9(14-8(3)17)6-11(10)16-12;/h4-7H,1-3H3,(H,14,17)(H,15,16);1H.